The van der Waals surface area contributed by atoms with Crippen LogP contribution in [-0.2, 0) is 6.42 Å². The number of aryl methyl sites for hydroxylation is 2. The smallest absolute Gasteiger partial charge is 0.242 e. The second kappa shape index (κ2) is 9.87. The molecule has 29 heavy (non-hydrogen) atoms. The molecule has 0 aliphatic rings. The van der Waals surface area contributed by atoms with E-state index in [2.05, 4.69) is 25.7 Å². The van der Waals surface area contributed by atoms with E-state index in [1.807, 2.05) is 32.0 Å². The van der Waals surface area contributed by atoms with Crippen molar-refractivity contribution in [2.24, 2.45) is 0 Å². The van der Waals surface area contributed by atoms with Crippen LogP contribution in [0.25, 0.3) is 11.3 Å². The Balaban J connectivity index is 2.73. The number of hydrogen-bond donors (Lipinski definition) is 1. The molecule has 0 aliphatic heterocycles. The minimum absolute atomic E-state index is 0.478. The molecule has 0 saturated carbocycles. The second-order valence-corrected chi connectivity index (χ2v) is 7.39. The lowest BCUT2D eigenvalue weighted by atomic mass is 10.0. The first-order valence-electron chi connectivity index (χ1n) is 10.4. The van der Waals surface area contributed by atoms with Crippen molar-refractivity contribution in [1.82, 2.24) is 15.0 Å². The molecule has 2 aromatic rings. The summed E-state index contributed by atoms with van der Waals surface area (Å²) in [6, 6.07) is 1.96. The molecule has 0 spiro atoms. The maximum atomic E-state index is 10.3. The predicted molar refractivity (Wildman–Crippen MR) is 119 cm³/mol. The number of pyridine rings is 1. The van der Waals surface area contributed by atoms with E-state index in [4.69, 9.17) is 19.7 Å². The number of aromatic nitrogens is 3. The number of nitrogens with zero attached hydrogens (tertiary/aromatic N) is 5. The van der Waals surface area contributed by atoms with Gasteiger partial charge in [0.2, 0.25) is 5.88 Å². The fourth-order valence-corrected chi connectivity index (χ4v) is 3.45. The lowest BCUT2D eigenvalue weighted by Crippen LogP contribution is -2.26. The van der Waals surface area contributed by atoms with Gasteiger partial charge in [0.25, 0.3) is 0 Å². The van der Waals surface area contributed by atoms with Gasteiger partial charge >= 0.3 is 0 Å². The molecule has 1 unspecified atom stereocenters. The van der Waals surface area contributed by atoms with Crippen LogP contribution in [0.4, 0.5) is 11.6 Å². The maximum absolute atomic E-state index is 10.3. The minimum Gasteiger partial charge on any atom is -0.479 e. The molecule has 1 atom stereocenters. The van der Waals surface area contributed by atoms with E-state index in [0.717, 1.165) is 60.1 Å². The first-order chi connectivity index (χ1) is 13.8. The van der Waals surface area contributed by atoms with Crippen molar-refractivity contribution in [1.29, 1.82) is 0 Å². The third-order valence-electron chi connectivity index (χ3n) is 4.97. The molecule has 0 aromatic carbocycles. The summed E-state index contributed by atoms with van der Waals surface area (Å²) in [5, 5.41) is 10.3. The molecular formula is C22H35N5O2. The van der Waals surface area contributed by atoms with Crippen LogP contribution in [0.15, 0.2) is 6.07 Å². The summed E-state index contributed by atoms with van der Waals surface area (Å²) >= 11 is 0. The van der Waals surface area contributed by atoms with Gasteiger partial charge in [-0.3, -0.25) is 0 Å². The van der Waals surface area contributed by atoms with Crippen LogP contribution in [0, 0.1) is 6.92 Å². The Hall–Kier alpha value is -2.41. The molecule has 0 radical (unpaired) electrons. The summed E-state index contributed by atoms with van der Waals surface area (Å²) in [5.74, 6) is 2.11. The zero-order valence-electron chi connectivity index (χ0n) is 19.1. The van der Waals surface area contributed by atoms with Gasteiger partial charge < -0.3 is 19.6 Å². The van der Waals surface area contributed by atoms with Crippen molar-refractivity contribution >= 4 is 11.6 Å². The molecule has 7 nitrogen and oxygen atoms in total. The fourth-order valence-electron chi connectivity index (χ4n) is 3.45. The van der Waals surface area contributed by atoms with Crippen LogP contribution < -0.4 is 14.5 Å². The van der Waals surface area contributed by atoms with Gasteiger partial charge in [0.1, 0.15) is 11.5 Å². The third-order valence-corrected chi connectivity index (χ3v) is 4.97. The van der Waals surface area contributed by atoms with Gasteiger partial charge in [0.05, 0.1) is 18.9 Å². The van der Waals surface area contributed by atoms with Crippen LogP contribution in [-0.4, -0.2) is 54.4 Å². The molecular weight excluding hydrogens is 366 g/mol. The average Bonchev–Trinajstić information content (AvgIpc) is 2.70. The Labute approximate surface area is 174 Å². The number of hydrogen-bond acceptors (Lipinski definition) is 7. The van der Waals surface area contributed by atoms with Gasteiger partial charge in [0, 0.05) is 44.0 Å². The van der Waals surface area contributed by atoms with E-state index >= 15 is 0 Å². The van der Waals surface area contributed by atoms with Crippen molar-refractivity contribution in [2.45, 2.75) is 53.6 Å². The summed E-state index contributed by atoms with van der Waals surface area (Å²) < 4.78 is 5.64. The summed E-state index contributed by atoms with van der Waals surface area (Å²) in [6.45, 7) is 11.9. The van der Waals surface area contributed by atoms with E-state index in [9.17, 15) is 5.11 Å². The van der Waals surface area contributed by atoms with E-state index in [0.29, 0.717) is 11.6 Å². The molecule has 1 N–H and O–H groups in total. The van der Waals surface area contributed by atoms with E-state index in [1.165, 1.54) is 0 Å². The van der Waals surface area contributed by atoms with Crippen molar-refractivity contribution in [2.75, 3.05) is 44.1 Å². The molecule has 160 valence electrons. The van der Waals surface area contributed by atoms with Crippen molar-refractivity contribution in [3.63, 3.8) is 0 Å². The molecule has 0 aliphatic carbocycles. The van der Waals surface area contributed by atoms with Crippen molar-refractivity contribution in [3.05, 3.63) is 23.0 Å². The monoisotopic (exact) mass is 401 g/mol. The first kappa shape index (κ1) is 22.9. The lowest BCUT2D eigenvalue weighted by molar-refractivity contribution is 0.199. The van der Waals surface area contributed by atoms with Crippen LogP contribution in [0.5, 0.6) is 5.88 Å². The number of aliphatic hydroxyl groups excluding tert-OH is 1. The van der Waals surface area contributed by atoms with Crippen LogP contribution in [0.1, 0.15) is 57.2 Å². The summed E-state index contributed by atoms with van der Waals surface area (Å²) in [6.07, 6.45) is 1.16. The van der Waals surface area contributed by atoms with Gasteiger partial charge in [0.15, 0.2) is 5.82 Å². The highest BCUT2D eigenvalue weighted by atomic mass is 16.5. The molecule has 7 heteroatoms. The standard InChI is InChI=1S/C22H35N5O2/c1-9-12-27(11-3)21-18(10-2)24-19(22(25-21)29-8)16-13-17(15(5)28)20(26(6)7)23-14(16)4/h13,15,28H,9-12H2,1-8H3. The molecule has 2 aromatic heterocycles. The lowest BCUT2D eigenvalue weighted by Gasteiger charge is -2.25. The molecule has 2 rings (SSSR count). The number of rotatable bonds is 9. The fraction of sp³-hybridized carbons (Fsp3) is 0.591. The van der Waals surface area contributed by atoms with Gasteiger partial charge in [-0.2, -0.15) is 4.98 Å². The first-order valence-corrected chi connectivity index (χ1v) is 10.4. The molecule has 2 heterocycles. The van der Waals surface area contributed by atoms with Gasteiger partial charge in [-0.25, -0.2) is 9.97 Å². The van der Waals surface area contributed by atoms with Gasteiger partial charge in [-0.15, -0.1) is 0 Å². The van der Waals surface area contributed by atoms with Crippen LogP contribution in [0.2, 0.25) is 0 Å². The van der Waals surface area contributed by atoms with Crippen molar-refractivity contribution < 1.29 is 9.84 Å². The van der Waals surface area contributed by atoms with Gasteiger partial charge in [-0.1, -0.05) is 13.8 Å². The average molecular weight is 402 g/mol. The molecule has 0 saturated heterocycles. The van der Waals surface area contributed by atoms with Crippen LogP contribution >= 0.6 is 0 Å². The summed E-state index contributed by atoms with van der Waals surface area (Å²) in [7, 11) is 5.46. The predicted octanol–water partition coefficient (Wildman–Crippen LogP) is 3.77. The van der Waals surface area contributed by atoms with Gasteiger partial charge in [-0.05, 0) is 39.7 Å². The topological polar surface area (TPSA) is 74.6 Å². The number of aliphatic hydroxyl groups is 1. The third kappa shape index (κ3) is 4.78. The Morgan fingerprint density at radius 2 is 1.79 bits per heavy atom. The van der Waals surface area contributed by atoms with Crippen LogP contribution in [0.3, 0.4) is 0 Å². The Bertz CT molecular complexity index is 836. The van der Waals surface area contributed by atoms with E-state index in [-0.39, 0.29) is 0 Å². The summed E-state index contributed by atoms with van der Waals surface area (Å²) in [5.41, 5.74) is 4.00. The molecule has 0 fully saturated rings. The van der Waals surface area contributed by atoms with E-state index in [1.54, 1.807) is 14.0 Å². The SMILES string of the molecule is CCCN(CC)c1nc(OC)c(-c2cc(C(C)O)c(N(C)C)nc2C)nc1CC. The largest absolute Gasteiger partial charge is 0.479 e. The molecule has 0 bridgehead atoms. The van der Waals surface area contributed by atoms with E-state index < -0.39 is 6.10 Å². The quantitative estimate of drug-likeness (QED) is 0.685. The Morgan fingerprint density at radius 1 is 1.10 bits per heavy atom. The maximum Gasteiger partial charge on any atom is 0.242 e. The van der Waals surface area contributed by atoms with Crippen molar-refractivity contribution in [3.8, 4) is 17.1 Å². The highest BCUT2D eigenvalue weighted by Crippen LogP contribution is 2.36. The highest BCUT2D eigenvalue weighted by Gasteiger charge is 2.22. The number of methoxy groups -OCH3 is 1. The second-order valence-electron chi connectivity index (χ2n) is 7.39. The highest BCUT2D eigenvalue weighted by molar-refractivity contribution is 5.71. The number of anilines is 2. The minimum atomic E-state index is -0.650. The zero-order valence-corrected chi connectivity index (χ0v) is 19.1. The molecule has 0 amide bonds. The number of ether oxygens (including phenoxy) is 1. The zero-order chi connectivity index (χ0) is 21.7. The normalized spacial score (nSPS) is 12.0. The Kier molecular flexibility index (Phi) is 7.79. The Morgan fingerprint density at radius 3 is 2.28 bits per heavy atom. The summed E-state index contributed by atoms with van der Waals surface area (Å²) in [4.78, 5) is 18.7.